The Morgan fingerprint density at radius 1 is 1.07 bits per heavy atom. The van der Waals surface area contributed by atoms with Gasteiger partial charge in [-0.15, -0.1) is 24.8 Å². The molecule has 2 rings (SSSR count). The number of rotatable bonds is 1. The van der Waals surface area contributed by atoms with Gasteiger partial charge in [0.2, 0.25) is 0 Å². The quantitative estimate of drug-likeness (QED) is 0.758. The largest absolute Gasteiger partial charge is 0.314 e. The number of alkyl halides is 2. The smallest absolute Gasteiger partial charge is 0.250 e. The second-order valence-electron chi connectivity index (χ2n) is 3.70. The van der Waals surface area contributed by atoms with E-state index in [1.54, 1.807) is 0 Å². The summed E-state index contributed by atoms with van der Waals surface area (Å²) >= 11 is 0. The maximum atomic E-state index is 12.7. The van der Waals surface area contributed by atoms with Crippen molar-refractivity contribution in [1.82, 2.24) is 10.2 Å². The van der Waals surface area contributed by atoms with E-state index in [4.69, 9.17) is 0 Å². The monoisotopic (exact) mass is 248 g/mol. The molecule has 0 aromatic rings. The first-order chi connectivity index (χ1) is 5.67. The van der Waals surface area contributed by atoms with Gasteiger partial charge in [-0.05, 0) is 0 Å². The van der Waals surface area contributed by atoms with Crippen molar-refractivity contribution in [2.24, 2.45) is 0 Å². The van der Waals surface area contributed by atoms with E-state index in [-0.39, 0.29) is 37.7 Å². The molecule has 2 heterocycles. The van der Waals surface area contributed by atoms with Crippen LogP contribution in [0.4, 0.5) is 8.78 Å². The summed E-state index contributed by atoms with van der Waals surface area (Å²) in [6, 6.07) is 0.529. The van der Waals surface area contributed by atoms with Crippen molar-refractivity contribution in [3.8, 4) is 0 Å². The third kappa shape index (κ3) is 3.19. The third-order valence-corrected chi connectivity index (χ3v) is 2.81. The molecule has 2 fully saturated rings. The maximum Gasteiger partial charge on any atom is 0.250 e. The Hall–Kier alpha value is 0.360. The minimum Gasteiger partial charge on any atom is -0.314 e. The normalized spacial score (nSPS) is 27.0. The topological polar surface area (TPSA) is 15.3 Å². The molecule has 14 heavy (non-hydrogen) atoms. The third-order valence-electron chi connectivity index (χ3n) is 2.81. The van der Waals surface area contributed by atoms with Crippen LogP contribution in [0, 0.1) is 0 Å². The fraction of sp³-hybridized carbons (Fsp3) is 1.00. The Kier molecular flexibility index (Phi) is 5.59. The summed E-state index contributed by atoms with van der Waals surface area (Å²) in [7, 11) is 0. The first kappa shape index (κ1) is 14.4. The number of likely N-dealkylation sites (tertiary alicyclic amines) is 1. The Labute approximate surface area is 95.2 Å². The summed E-state index contributed by atoms with van der Waals surface area (Å²) in [5.41, 5.74) is 0. The Bertz CT molecular complexity index is 167. The van der Waals surface area contributed by atoms with E-state index in [1.807, 2.05) is 0 Å². The fourth-order valence-corrected chi connectivity index (χ4v) is 1.75. The molecule has 1 N–H and O–H groups in total. The average molecular weight is 249 g/mol. The van der Waals surface area contributed by atoms with Crippen molar-refractivity contribution < 1.29 is 8.78 Å². The molecule has 6 heteroatoms. The van der Waals surface area contributed by atoms with Gasteiger partial charge in [-0.2, -0.15) is 0 Å². The van der Waals surface area contributed by atoms with Crippen LogP contribution in [0.25, 0.3) is 0 Å². The van der Waals surface area contributed by atoms with Gasteiger partial charge < -0.3 is 5.32 Å². The van der Waals surface area contributed by atoms with Crippen molar-refractivity contribution >= 4 is 24.8 Å². The van der Waals surface area contributed by atoms with Gasteiger partial charge in [-0.1, -0.05) is 0 Å². The number of nitrogens with zero attached hydrogens (tertiary/aromatic N) is 1. The van der Waals surface area contributed by atoms with Crippen LogP contribution < -0.4 is 5.32 Å². The van der Waals surface area contributed by atoms with E-state index in [2.05, 4.69) is 10.2 Å². The first-order valence-corrected chi connectivity index (χ1v) is 4.50. The molecule has 0 spiro atoms. The molecule has 0 aromatic carbocycles. The van der Waals surface area contributed by atoms with Gasteiger partial charge in [0.05, 0.1) is 0 Å². The van der Waals surface area contributed by atoms with Crippen LogP contribution >= 0.6 is 24.8 Å². The van der Waals surface area contributed by atoms with Gasteiger partial charge in [0.1, 0.15) is 0 Å². The number of nitrogens with one attached hydrogen (secondary N) is 1. The van der Waals surface area contributed by atoms with Crippen molar-refractivity contribution in [2.45, 2.75) is 24.8 Å². The standard InChI is InChI=1S/C8H14F2N2.2ClH/c9-8(10)1-3-12(4-2-8)7-5-11-6-7;;/h7,11H,1-6H2;2*1H. The molecule has 0 amide bonds. The minimum atomic E-state index is -2.40. The molecule has 2 saturated heterocycles. The Balaban J connectivity index is 0.000000845. The van der Waals surface area contributed by atoms with E-state index in [0.717, 1.165) is 13.1 Å². The molecular weight excluding hydrogens is 233 g/mol. The highest BCUT2D eigenvalue weighted by Crippen LogP contribution is 2.28. The van der Waals surface area contributed by atoms with Crippen molar-refractivity contribution in [3.05, 3.63) is 0 Å². The first-order valence-electron chi connectivity index (χ1n) is 4.50. The zero-order chi connectivity index (χ0) is 8.60. The molecule has 2 aliphatic rings. The predicted octanol–water partition coefficient (Wildman–Crippen LogP) is 1.53. The zero-order valence-electron chi connectivity index (χ0n) is 7.84. The SMILES string of the molecule is Cl.Cl.FC1(F)CCN(C2CNC2)CC1. The summed E-state index contributed by atoms with van der Waals surface area (Å²) in [6.45, 7) is 3.09. The van der Waals surface area contributed by atoms with Crippen LogP contribution in [0.15, 0.2) is 0 Å². The summed E-state index contributed by atoms with van der Waals surface area (Å²) in [6.07, 6.45) is 0.0903. The lowest BCUT2D eigenvalue weighted by atomic mass is 10.0. The number of halogens is 4. The van der Waals surface area contributed by atoms with Crippen molar-refractivity contribution in [2.75, 3.05) is 26.2 Å². The maximum absolute atomic E-state index is 12.7. The zero-order valence-corrected chi connectivity index (χ0v) is 9.47. The average Bonchev–Trinajstić information content (AvgIpc) is 1.89. The molecule has 0 radical (unpaired) electrons. The van der Waals surface area contributed by atoms with Gasteiger partial charge in [0.15, 0.2) is 0 Å². The van der Waals surface area contributed by atoms with Crippen LogP contribution in [-0.4, -0.2) is 43.0 Å². The molecule has 86 valence electrons. The molecule has 0 aliphatic carbocycles. The summed E-state index contributed by atoms with van der Waals surface area (Å²) in [4.78, 5) is 2.17. The highest BCUT2D eigenvalue weighted by atomic mass is 35.5. The van der Waals surface area contributed by atoms with E-state index in [0.29, 0.717) is 19.1 Å². The van der Waals surface area contributed by atoms with E-state index in [9.17, 15) is 8.78 Å². The lowest BCUT2D eigenvalue weighted by Gasteiger charge is -2.42. The second kappa shape index (κ2) is 5.45. The van der Waals surface area contributed by atoms with Crippen LogP contribution in [0.5, 0.6) is 0 Å². The highest BCUT2D eigenvalue weighted by molar-refractivity contribution is 5.85. The molecule has 0 unspecified atom stereocenters. The molecule has 2 aliphatic heterocycles. The predicted molar refractivity (Wildman–Crippen MR) is 56.9 cm³/mol. The summed E-state index contributed by atoms with van der Waals surface area (Å²) in [5, 5.41) is 3.15. The van der Waals surface area contributed by atoms with Gasteiger partial charge in [-0.25, -0.2) is 8.78 Å². The summed E-state index contributed by atoms with van der Waals surface area (Å²) < 4.78 is 25.4. The van der Waals surface area contributed by atoms with Crippen LogP contribution in [0.3, 0.4) is 0 Å². The molecule has 2 nitrogen and oxygen atoms in total. The van der Waals surface area contributed by atoms with Crippen molar-refractivity contribution in [3.63, 3.8) is 0 Å². The lowest BCUT2D eigenvalue weighted by Crippen LogP contribution is -2.59. The van der Waals surface area contributed by atoms with E-state index < -0.39 is 5.92 Å². The van der Waals surface area contributed by atoms with Crippen LogP contribution in [0.2, 0.25) is 0 Å². The van der Waals surface area contributed by atoms with E-state index >= 15 is 0 Å². The Morgan fingerprint density at radius 3 is 1.93 bits per heavy atom. The minimum absolute atomic E-state index is 0. The van der Waals surface area contributed by atoms with Gasteiger partial charge >= 0.3 is 0 Å². The van der Waals surface area contributed by atoms with Gasteiger partial charge in [0.25, 0.3) is 5.92 Å². The van der Waals surface area contributed by atoms with Crippen molar-refractivity contribution in [1.29, 1.82) is 0 Å². The van der Waals surface area contributed by atoms with Crippen LogP contribution in [0.1, 0.15) is 12.8 Å². The molecule has 0 bridgehead atoms. The summed E-state index contributed by atoms with van der Waals surface area (Å²) in [5.74, 6) is -2.40. The highest BCUT2D eigenvalue weighted by Gasteiger charge is 2.37. The van der Waals surface area contributed by atoms with E-state index in [1.165, 1.54) is 0 Å². The lowest BCUT2D eigenvalue weighted by molar-refractivity contribution is -0.0669. The number of hydrogen-bond acceptors (Lipinski definition) is 2. The Morgan fingerprint density at radius 2 is 1.57 bits per heavy atom. The second-order valence-corrected chi connectivity index (χ2v) is 3.70. The fourth-order valence-electron chi connectivity index (χ4n) is 1.75. The number of piperidine rings is 1. The van der Waals surface area contributed by atoms with Gasteiger partial charge in [-0.3, -0.25) is 4.90 Å². The molecule has 0 aromatic heterocycles. The molecule has 0 atom stereocenters. The van der Waals surface area contributed by atoms with Crippen LogP contribution in [-0.2, 0) is 0 Å². The molecular formula is C8H16Cl2F2N2. The number of hydrogen-bond donors (Lipinski definition) is 1. The molecule has 0 saturated carbocycles. The van der Waals surface area contributed by atoms with Gasteiger partial charge in [0, 0.05) is 45.1 Å².